The molecule has 4 fully saturated rings. The first-order chi connectivity index (χ1) is 9.94. The van der Waals surface area contributed by atoms with Crippen LogP contribution in [-0.2, 0) is 17.1 Å². The first-order valence-corrected chi connectivity index (χ1v) is 9.79. The van der Waals surface area contributed by atoms with E-state index in [1.54, 1.807) is 7.05 Å². The lowest BCUT2D eigenvalue weighted by molar-refractivity contribution is -0.00562. The number of aromatic nitrogens is 3. The third kappa shape index (κ3) is 2.26. The molecule has 4 bridgehead atoms. The average Bonchev–Trinajstić information content (AvgIpc) is 2.73. The van der Waals surface area contributed by atoms with Gasteiger partial charge < -0.3 is 0 Å². The highest BCUT2D eigenvalue weighted by molar-refractivity contribution is 9.10. The summed E-state index contributed by atoms with van der Waals surface area (Å²) >= 11 is 3.18. The van der Waals surface area contributed by atoms with Crippen LogP contribution < -0.4 is 4.72 Å². The van der Waals surface area contributed by atoms with Gasteiger partial charge in [0.2, 0.25) is 5.03 Å². The van der Waals surface area contributed by atoms with E-state index >= 15 is 0 Å². The topological polar surface area (TPSA) is 76.9 Å². The number of halogens is 1. The molecule has 0 unspecified atom stereocenters. The number of rotatable bonds is 3. The Labute approximate surface area is 132 Å². The van der Waals surface area contributed by atoms with Crippen LogP contribution in [0.1, 0.15) is 32.1 Å². The summed E-state index contributed by atoms with van der Waals surface area (Å²) in [4.78, 5) is 0. The van der Waals surface area contributed by atoms with E-state index in [1.165, 1.54) is 36.8 Å². The predicted octanol–water partition coefficient (Wildman–Crippen LogP) is 1.68. The monoisotopic (exact) mass is 374 g/mol. The van der Waals surface area contributed by atoms with Crippen molar-refractivity contribution in [2.75, 3.05) is 0 Å². The molecule has 1 aromatic rings. The summed E-state index contributed by atoms with van der Waals surface area (Å²) in [6.45, 7) is 0. The molecule has 0 atom stereocenters. The van der Waals surface area contributed by atoms with Gasteiger partial charge in [-0.2, -0.15) is 0 Å². The summed E-state index contributed by atoms with van der Waals surface area (Å²) < 4.78 is 29.9. The second kappa shape index (κ2) is 4.76. The maximum absolute atomic E-state index is 12.7. The van der Waals surface area contributed by atoms with Gasteiger partial charge in [-0.3, -0.25) is 0 Å². The first-order valence-electron chi connectivity index (χ1n) is 7.51. The van der Waals surface area contributed by atoms with Gasteiger partial charge in [0, 0.05) is 13.1 Å². The molecule has 0 spiro atoms. The van der Waals surface area contributed by atoms with Crippen LogP contribution in [0.2, 0.25) is 0 Å². The lowest BCUT2D eigenvalue weighted by atomic mass is 9.54. The Balaban J connectivity index is 1.61. The molecule has 4 aliphatic rings. The van der Waals surface area contributed by atoms with E-state index in [9.17, 15) is 8.42 Å². The van der Waals surface area contributed by atoms with Crippen molar-refractivity contribution in [3.63, 3.8) is 0 Å². The van der Waals surface area contributed by atoms with Gasteiger partial charge in [-0.1, -0.05) is 5.21 Å². The Morgan fingerprint density at radius 3 is 2.19 bits per heavy atom. The minimum Gasteiger partial charge on any atom is -0.235 e. The van der Waals surface area contributed by atoms with Crippen LogP contribution in [-0.4, -0.2) is 29.5 Å². The van der Waals surface area contributed by atoms with E-state index in [4.69, 9.17) is 0 Å². The molecular formula is C13H19BrN4O2S. The van der Waals surface area contributed by atoms with Crippen molar-refractivity contribution in [2.24, 2.45) is 30.7 Å². The number of nitrogens with one attached hydrogen (secondary N) is 1. The van der Waals surface area contributed by atoms with Crippen molar-refractivity contribution in [1.82, 2.24) is 19.7 Å². The molecule has 1 N–H and O–H groups in total. The van der Waals surface area contributed by atoms with E-state index in [0.29, 0.717) is 11.8 Å². The third-order valence-corrected chi connectivity index (χ3v) is 7.86. The highest BCUT2D eigenvalue weighted by Crippen LogP contribution is 2.53. The summed E-state index contributed by atoms with van der Waals surface area (Å²) in [7, 11) is -1.98. The first kappa shape index (κ1) is 14.1. The van der Waals surface area contributed by atoms with Crippen LogP contribution in [0.4, 0.5) is 0 Å². The smallest absolute Gasteiger partial charge is 0.235 e. The van der Waals surface area contributed by atoms with E-state index in [0.717, 1.165) is 11.8 Å². The highest BCUT2D eigenvalue weighted by atomic mass is 79.9. The summed E-state index contributed by atoms with van der Waals surface area (Å²) in [5.41, 5.74) is 0. The predicted molar refractivity (Wildman–Crippen MR) is 79.9 cm³/mol. The van der Waals surface area contributed by atoms with Crippen molar-refractivity contribution >= 4 is 26.0 Å². The lowest BCUT2D eigenvalue weighted by Crippen LogP contribution is -2.55. The number of hydrogen-bond acceptors (Lipinski definition) is 4. The molecule has 4 saturated carbocycles. The van der Waals surface area contributed by atoms with E-state index in [1.807, 2.05) is 0 Å². The van der Waals surface area contributed by atoms with Crippen LogP contribution in [0.3, 0.4) is 0 Å². The van der Waals surface area contributed by atoms with Crippen molar-refractivity contribution < 1.29 is 8.42 Å². The molecule has 0 saturated heterocycles. The molecular weight excluding hydrogens is 356 g/mol. The van der Waals surface area contributed by atoms with Gasteiger partial charge in [-0.25, -0.2) is 17.8 Å². The van der Waals surface area contributed by atoms with Crippen LogP contribution in [0.15, 0.2) is 9.63 Å². The van der Waals surface area contributed by atoms with E-state index in [-0.39, 0.29) is 15.7 Å². The van der Waals surface area contributed by atoms with Gasteiger partial charge in [-0.15, -0.1) is 5.10 Å². The molecule has 1 aromatic heterocycles. The second-order valence-corrected chi connectivity index (χ2v) is 9.27. The summed E-state index contributed by atoms with van der Waals surface area (Å²) in [6.07, 6.45) is 6.11. The van der Waals surface area contributed by atoms with Gasteiger partial charge >= 0.3 is 0 Å². The molecule has 8 heteroatoms. The summed E-state index contributed by atoms with van der Waals surface area (Å²) in [5.74, 6) is 2.68. The van der Waals surface area contributed by atoms with Gasteiger partial charge in [-0.05, 0) is 71.7 Å². The molecule has 6 nitrogen and oxygen atoms in total. The van der Waals surface area contributed by atoms with Crippen LogP contribution in [0, 0.1) is 23.7 Å². The van der Waals surface area contributed by atoms with Crippen molar-refractivity contribution in [2.45, 2.75) is 43.2 Å². The van der Waals surface area contributed by atoms with E-state index in [2.05, 4.69) is 31.0 Å². The third-order valence-electron chi connectivity index (χ3n) is 5.51. The molecule has 0 aliphatic heterocycles. The lowest BCUT2D eigenvalue weighted by Gasteiger charge is -2.54. The maximum atomic E-state index is 12.7. The minimum atomic E-state index is -3.58. The number of nitrogens with zero attached hydrogens (tertiary/aromatic N) is 3. The fraction of sp³-hybridized carbons (Fsp3) is 0.846. The SMILES string of the molecule is Cn1nnc(Br)c1S(=O)(=O)NC1C2CC3CC(C2)CC1C3. The fourth-order valence-corrected chi connectivity index (χ4v) is 7.43. The summed E-state index contributed by atoms with van der Waals surface area (Å²) in [5, 5.41) is 7.67. The summed E-state index contributed by atoms with van der Waals surface area (Å²) in [6, 6.07) is 0.0876. The second-order valence-electron chi connectivity index (χ2n) is 6.89. The van der Waals surface area contributed by atoms with Crippen molar-refractivity contribution in [3.05, 3.63) is 4.60 Å². The minimum absolute atomic E-state index is 0.0876. The number of hydrogen-bond donors (Lipinski definition) is 1. The largest absolute Gasteiger partial charge is 0.260 e. The quantitative estimate of drug-likeness (QED) is 0.872. The molecule has 0 amide bonds. The number of sulfonamides is 1. The zero-order valence-corrected chi connectivity index (χ0v) is 14.3. The Morgan fingerprint density at radius 2 is 1.71 bits per heavy atom. The Kier molecular flexibility index (Phi) is 3.21. The molecule has 1 heterocycles. The fourth-order valence-electron chi connectivity index (χ4n) is 4.96. The van der Waals surface area contributed by atoms with Crippen molar-refractivity contribution in [1.29, 1.82) is 0 Å². The molecule has 0 radical (unpaired) electrons. The Morgan fingerprint density at radius 1 is 1.14 bits per heavy atom. The zero-order chi connectivity index (χ0) is 14.8. The molecule has 21 heavy (non-hydrogen) atoms. The van der Waals surface area contributed by atoms with Crippen LogP contribution in [0.5, 0.6) is 0 Å². The van der Waals surface area contributed by atoms with Crippen molar-refractivity contribution in [3.8, 4) is 0 Å². The zero-order valence-electron chi connectivity index (χ0n) is 11.9. The average molecular weight is 375 g/mol. The normalized spacial score (nSPS) is 38.1. The molecule has 4 aliphatic carbocycles. The molecule has 0 aromatic carbocycles. The molecule has 5 rings (SSSR count). The van der Waals surface area contributed by atoms with Gasteiger partial charge in [0.25, 0.3) is 10.0 Å². The standard InChI is InChI=1S/C13H19BrN4O2S/c1-18-13(12(14)15-17-18)21(19,20)16-11-9-3-7-2-8(5-9)6-10(11)4-7/h7-11,16H,2-6H2,1H3. The van der Waals surface area contributed by atoms with Gasteiger partial charge in [0.15, 0.2) is 4.60 Å². The van der Waals surface area contributed by atoms with E-state index < -0.39 is 10.0 Å². The maximum Gasteiger partial charge on any atom is 0.260 e. The number of aryl methyl sites for hydroxylation is 1. The molecule has 116 valence electrons. The van der Waals surface area contributed by atoms with Gasteiger partial charge in [0.1, 0.15) is 0 Å². The Bertz CT molecular complexity index is 624. The van der Waals surface area contributed by atoms with Crippen LogP contribution in [0.25, 0.3) is 0 Å². The van der Waals surface area contributed by atoms with Crippen LogP contribution >= 0.6 is 15.9 Å². The van der Waals surface area contributed by atoms with Gasteiger partial charge in [0.05, 0.1) is 0 Å². The Hall–Kier alpha value is -0.470. The highest BCUT2D eigenvalue weighted by Gasteiger charge is 2.49.